The van der Waals surface area contributed by atoms with Crippen LogP contribution in [0.2, 0.25) is 0 Å². The summed E-state index contributed by atoms with van der Waals surface area (Å²) in [5.74, 6) is 1.86. The zero-order valence-electron chi connectivity index (χ0n) is 20.6. The first kappa shape index (κ1) is 26.5. The summed E-state index contributed by atoms with van der Waals surface area (Å²) in [5, 5.41) is 3.76. The van der Waals surface area contributed by atoms with Gasteiger partial charge in [-0.2, -0.15) is 0 Å². The topological polar surface area (TPSA) is 49.3 Å². The second-order valence-corrected chi connectivity index (χ2v) is 8.05. The van der Waals surface area contributed by atoms with E-state index in [4.69, 9.17) is 14.2 Å². The molecule has 0 saturated heterocycles. The molecule has 0 aliphatic heterocycles. The van der Waals surface area contributed by atoms with Gasteiger partial charge in [0.1, 0.15) is 25.2 Å². The van der Waals surface area contributed by atoms with Crippen LogP contribution < -0.4 is 9.47 Å². The molecule has 2 rings (SSSR count). The number of rotatable bonds is 16. The number of hydrogen-bond acceptors (Lipinski definition) is 5. The molecule has 0 amide bonds. The molecule has 0 fully saturated rings. The normalized spacial score (nSPS) is 11.4. The van der Waals surface area contributed by atoms with Gasteiger partial charge < -0.3 is 19.0 Å². The van der Waals surface area contributed by atoms with E-state index in [2.05, 4.69) is 48.1 Å². The molecule has 0 aliphatic rings. The highest BCUT2D eigenvalue weighted by molar-refractivity contribution is 5.56. The number of hydrogen-bond donors (Lipinski definition) is 0. The van der Waals surface area contributed by atoms with Crippen molar-refractivity contribution in [3.05, 3.63) is 70.8 Å². The second kappa shape index (κ2) is 15.9. The third-order valence-corrected chi connectivity index (χ3v) is 5.23. The Kier molecular flexibility index (Phi) is 12.8. The van der Waals surface area contributed by atoms with Gasteiger partial charge in [-0.25, -0.2) is 0 Å². The molecule has 0 bridgehead atoms. The Morgan fingerprint density at radius 3 is 2.27 bits per heavy atom. The standard InChI is InChI=1S/C28H39NO4/c1-5-6-18-32-27-20-23(2)28(24(3)21-27)33-19-9-7-8-17-31-22-26-14-12-25(13-15-26)11-10-16-29-30-4/h5-6,12-16,20-21H,7-11,17-19,22H2,1-4H3/b6-5+,29-16?. The van der Waals surface area contributed by atoms with Crippen molar-refractivity contribution >= 4 is 6.21 Å². The van der Waals surface area contributed by atoms with Crippen LogP contribution in [0, 0.1) is 13.8 Å². The van der Waals surface area contributed by atoms with Crippen LogP contribution in [0.25, 0.3) is 0 Å². The zero-order chi connectivity index (χ0) is 23.7. The molecule has 0 heterocycles. The van der Waals surface area contributed by atoms with Gasteiger partial charge in [-0.1, -0.05) is 41.6 Å². The Morgan fingerprint density at radius 1 is 0.879 bits per heavy atom. The monoisotopic (exact) mass is 453 g/mol. The average Bonchev–Trinajstić information content (AvgIpc) is 2.81. The highest BCUT2D eigenvalue weighted by atomic mass is 16.6. The molecule has 33 heavy (non-hydrogen) atoms. The SMILES string of the molecule is C/C=C/COc1cc(C)c(OCCCCCOCc2ccc(CCC=NOC)cc2)c(C)c1. The van der Waals surface area contributed by atoms with Gasteiger partial charge in [-0.15, -0.1) is 0 Å². The molecule has 2 aromatic rings. The summed E-state index contributed by atoms with van der Waals surface area (Å²) >= 11 is 0. The Hall–Kier alpha value is -2.79. The molecule has 180 valence electrons. The van der Waals surface area contributed by atoms with Gasteiger partial charge in [-0.3, -0.25) is 0 Å². The summed E-state index contributed by atoms with van der Waals surface area (Å²) in [6.45, 7) is 8.87. The molecular formula is C28H39NO4. The van der Waals surface area contributed by atoms with Crippen LogP contribution in [0.3, 0.4) is 0 Å². The Morgan fingerprint density at radius 2 is 1.58 bits per heavy atom. The van der Waals surface area contributed by atoms with Crippen LogP contribution >= 0.6 is 0 Å². The number of oxime groups is 1. The van der Waals surface area contributed by atoms with E-state index in [1.165, 1.54) is 11.1 Å². The van der Waals surface area contributed by atoms with E-state index in [0.717, 1.165) is 67.9 Å². The molecule has 0 unspecified atom stereocenters. The van der Waals surface area contributed by atoms with E-state index < -0.39 is 0 Å². The minimum Gasteiger partial charge on any atom is -0.493 e. The minimum atomic E-state index is 0.591. The molecule has 0 N–H and O–H groups in total. The molecule has 0 atom stereocenters. The van der Waals surface area contributed by atoms with Gasteiger partial charge >= 0.3 is 0 Å². The Labute approximate surface area is 199 Å². The van der Waals surface area contributed by atoms with Crippen molar-refractivity contribution in [2.45, 2.75) is 59.5 Å². The third-order valence-electron chi connectivity index (χ3n) is 5.23. The summed E-state index contributed by atoms with van der Waals surface area (Å²) in [6.07, 6.45) is 10.8. The maximum Gasteiger partial charge on any atom is 0.125 e. The lowest BCUT2D eigenvalue weighted by Gasteiger charge is -2.14. The van der Waals surface area contributed by atoms with Crippen LogP contribution in [0.5, 0.6) is 11.5 Å². The number of allylic oxidation sites excluding steroid dienone is 1. The van der Waals surface area contributed by atoms with Gasteiger partial charge in [0.05, 0.1) is 13.2 Å². The van der Waals surface area contributed by atoms with E-state index in [0.29, 0.717) is 13.2 Å². The maximum atomic E-state index is 6.05. The molecule has 2 aromatic carbocycles. The fraction of sp³-hybridized carbons (Fsp3) is 0.464. The predicted molar refractivity (Wildman–Crippen MR) is 135 cm³/mol. The Balaban J connectivity index is 1.57. The van der Waals surface area contributed by atoms with Crippen LogP contribution in [0.15, 0.2) is 53.7 Å². The van der Waals surface area contributed by atoms with Crippen LogP contribution in [0.1, 0.15) is 54.9 Å². The first-order valence-electron chi connectivity index (χ1n) is 11.8. The second-order valence-electron chi connectivity index (χ2n) is 8.05. The molecule has 0 saturated carbocycles. The summed E-state index contributed by atoms with van der Waals surface area (Å²) in [4.78, 5) is 4.67. The molecule has 0 aromatic heterocycles. The Bertz CT molecular complexity index is 836. The van der Waals surface area contributed by atoms with Crippen molar-refractivity contribution in [1.29, 1.82) is 0 Å². The van der Waals surface area contributed by atoms with Gasteiger partial charge in [-0.05, 0) is 87.3 Å². The molecule has 5 heteroatoms. The van der Waals surface area contributed by atoms with E-state index in [-0.39, 0.29) is 0 Å². The molecule has 0 spiro atoms. The van der Waals surface area contributed by atoms with Crippen LogP contribution in [-0.4, -0.2) is 33.1 Å². The van der Waals surface area contributed by atoms with Gasteiger partial charge in [0, 0.05) is 12.8 Å². The maximum absolute atomic E-state index is 6.05. The summed E-state index contributed by atoms with van der Waals surface area (Å²) < 4.78 is 17.6. The highest BCUT2D eigenvalue weighted by Gasteiger charge is 2.07. The molecule has 0 radical (unpaired) electrons. The summed E-state index contributed by atoms with van der Waals surface area (Å²) in [7, 11) is 1.56. The summed E-state index contributed by atoms with van der Waals surface area (Å²) in [6, 6.07) is 12.7. The predicted octanol–water partition coefficient (Wildman–Crippen LogP) is 6.59. The minimum absolute atomic E-state index is 0.591. The number of nitrogens with zero attached hydrogens (tertiary/aromatic N) is 1. The van der Waals surface area contributed by atoms with Crippen LogP contribution in [-0.2, 0) is 22.6 Å². The summed E-state index contributed by atoms with van der Waals surface area (Å²) in [5.41, 5.74) is 4.73. The number of benzene rings is 2. The zero-order valence-corrected chi connectivity index (χ0v) is 20.6. The fourth-order valence-electron chi connectivity index (χ4n) is 3.47. The lowest BCUT2D eigenvalue weighted by molar-refractivity contribution is 0.116. The van der Waals surface area contributed by atoms with Crippen LogP contribution in [0.4, 0.5) is 0 Å². The van der Waals surface area contributed by atoms with Gasteiger partial charge in [0.2, 0.25) is 0 Å². The van der Waals surface area contributed by atoms with Crippen molar-refractivity contribution < 1.29 is 19.0 Å². The first-order chi connectivity index (χ1) is 16.1. The van der Waals surface area contributed by atoms with Gasteiger partial charge in [0.15, 0.2) is 0 Å². The van der Waals surface area contributed by atoms with Crippen molar-refractivity contribution in [2.24, 2.45) is 5.16 Å². The van der Waals surface area contributed by atoms with E-state index in [1.54, 1.807) is 13.3 Å². The highest BCUT2D eigenvalue weighted by Crippen LogP contribution is 2.28. The van der Waals surface area contributed by atoms with Gasteiger partial charge in [0.25, 0.3) is 0 Å². The first-order valence-corrected chi connectivity index (χ1v) is 11.8. The average molecular weight is 454 g/mol. The van der Waals surface area contributed by atoms with E-state index >= 15 is 0 Å². The number of aryl methyl sites for hydroxylation is 3. The molecular weight excluding hydrogens is 414 g/mol. The third kappa shape index (κ3) is 10.6. The quantitative estimate of drug-likeness (QED) is 0.124. The smallest absolute Gasteiger partial charge is 0.125 e. The number of unbranched alkanes of at least 4 members (excludes halogenated alkanes) is 2. The molecule has 0 aliphatic carbocycles. The van der Waals surface area contributed by atoms with E-state index in [9.17, 15) is 0 Å². The lowest BCUT2D eigenvalue weighted by atomic mass is 10.1. The van der Waals surface area contributed by atoms with Crippen molar-refractivity contribution in [1.82, 2.24) is 0 Å². The van der Waals surface area contributed by atoms with Crippen molar-refractivity contribution in [2.75, 3.05) is 26.9 Å². The fourth-order valence-corrected chi connectivity index (χ4v) is 3.47. The van der Waals surface area contributed by atoms with Crippen molar-refractivity contribution in [3.63, 3.8) is 0 Å². The lowest BCUT2D eigenvalue weighted by Crippen LogP contribution is -2.03. The largest absolute Gasteiger partial charge is 0.493 e. The molecule has 5 nitrogen and oxygen atoms in total. The number of ether oxygens (including phenoxy) is 3. The van der Waals surface area contributed by atoms with E-state index in [1.807, 2.05) is 31.2 Å². The van der Waals surface area contributed by atoms with Crippen molar-refractivity contribution in [3.8, 4) is 11.5 Å².